The Bertz CT molecular complexity index is 376. The summed E-state index contributed by atoms with van der Waals surface area (Å²) in [5.74, 6) is -0.0382. The molecule has 0 saturated carbocycles. The molecular formula is C13H17Br2NO2. The Labute approximate surface area is 125 Å². The second-order valence-electron chi connectivity index (χ2n) is 3.97. The SMILES string of the molecule is COCCCCCNC(=O)c1cc(Br)cc(Br)c1. The van der Waals surface area contributed by atoms with Gasteiger partial charge >= 0.3 is 0 Å². The number of ether oxygens (including phenoxy) is 1. The van der Waals surface area contributed by atoms with Crippen molar-refractivity contribution in [3.05, 3.63) is 32.7 Å². The number of hydrogen-bond acceptors (Lipinski definition) is 2. The highest BCUT2D eigenvalue weighted by atomic mass is 79.9. The molecule has 0 aliphatic rings. The van der Waals surface area contributed by atoms with E-state index in [1.165, 1.54) is 0 Å². The Morgan fingerprint density at radius 3 is 2.44 bits per heavy atom. The molecule has 0 spiro atoms. The molecule has 18 heavy (non-hydrogen) atoms. The summed E-state index contributed by atoms with van der Waals surface area (Å²) in [5.41, 5.74) is 0.660. The third-order valence-corrected chi connectivity index (χ3v) is 3.35. The number of benzene rings is 1. The maximum Gasteiger partial charge on any atom is 0.251 e. The zero-order chi connectivity index (χ0) is 13.4. The first-order chi connectivity index (χ1) is 8.63. The minimum Gasteiger partial charge on any atom is -0.385 e. The summed E-state index contributed by atoms with van der Waals surface area (Å²) in [6.07, 6.45) is 3.08. The van der Waals surface area contributed by atoms with Gasteiger partial charge in [-0.3, -0.25) is 4.79 Å². The number of methoxy groups -OCH3 is 1. The summed E-state index contributed by atoms with van der Waals surface area (Å²) in [4.78, 5) is 11.9. The van der Waals surface area contributed by atoms with Gasteiger partial charge in [-0.15, -0.1) is 0 Å². The number of carbonyl (C=O) groups is 1. The molecule has 1 N–H and O–H groups in total. The highest BCUT2D eigenvalue weighted by molar-refractivity contribution is 9.11. The molecule has 1 aromatic rings. The maximum absolute atomic E-state index is 11.9. The number of halogens is 2. The van der Waals surface area contributed by atoms with Gasteiger partial charge in [-0.1, -0.05) is 31.9 Å². The van der Waals surface area contributed by atoms with Crippen molar-refractivity contribution >= 4 is 37.8 Å². The Morgan fingerprint density at radius 1 is 1.17 bits per heavy atom. The van der Waals surface area contributed by atoms with Crippen LogP contribution in [-0.4, -0.2) is 26.2 Å². The van der Waals surface area contributed by atoms with Gasteiger partial charge in [0.25, 0.3) is 5.91 Å². The van der Waals surface area contributed by atoms with Gasteiger partial charge in [0, 0.05) is 34.8 Å². The average Bonchev–Trinajstić information content (AvgIpc) is 2.32. The summed E-state index contributed by atoms with van der Waals surface area (Å²) in [6.45, 7) is 1.49. The maximum atomic E-state index is 11.9. The van der Waals surface area contributed by atoms with E-state index in [1.807, 2.05) is 18.2 Å². The highest BCUT2D eigenvalue weighted by Gasteiger charge is 2.06. The molecule has 1 aromatic carbocycles. The smallest absolute Gasteiger partial charge is 0.251 e. The predicted octanol–water partition coefficient (Wildman–Crippen LogP) is 3.76. The van der Waals surface area contributed by atoms with Gasteiger partial charge in [0.2, 0.25) is 0 Å². The summed E-state index contributed by atoms with van der Waals surface area (Å²) < 4.78 is 6.75. The topological polar surface area (TPSA) is 38.3 Å². The van der Waals surface area contributed by atoms with Crippen molar-refractivity contribution in [1.82, 2.24) is 5.32 Å². The molecule has 0 aliphatic heterocycles. The molecule has 1 rings (SSSR count). The van der Waals surface area contributed by atoms with Crippen LogP contribution in [0.25, 0.3) is 0 Å². The van der Waals surface area contributed by atoms with E-state index < -0.39 is 0 Å². The van der Waals surface area contributed by atoms with Crippen LogP contribution >= 0.6 is 31.9 Å². The van der Waals surface area contributed by atoms with Gasteiger partial charge in [-0.2, -0.15) is 0 Å². The molecule has 0 unspecified atom stereocenters. The van der Waals surface area contributed by atoms with Gasteiger partial charge in [0.05, 0.1) is 0 Å². The van der Waals surface area contributed by atoms with Crippen LogP contribution < -0.4 is 5.32 Å². The fourth-order valence-corrected chi connectivity index (χ4v) is 2.83. The minimum atomic E-state index is -0.0382. The third kappa shape index (κ3) is 5.98. The molecule has 0 bridgehead atoms. The van der Waals surface area contributed by atoms with E-state index in [9.17, 15) is 4.79 Å². The van der Waals surface area contributed by atoms with Crippen molar-refractivity contribution in [1.29, 1.82) is 0 Å². The first kappa shape index (κ1) is 15.7. The largest absolute Gasteiger partial charge is 0.385 e. The lowest BCUT2D eigenvalue weighted by Crippen LogP contribution is -2.24. The van der Waals surface area contributed by atoms with E-state index >= 15 is 0 Å². The van der Waals surface area contributed by atoms with Crippen LogP contribution in [0.1, 0.15) is 29.6 Å². The monoisotopic (exact) mass is 377 g/mol. The molecular weight excluding hydrogens is 362 g/mol. The van der Waals surface area contributed by atoms with Crippen LogP contribution in [0.15, 0.2) is 27.1 Å². The van der Waals surface area contributed by atoms with Crippen molar-refractivity contribution in [2.75, 3.05) is 20.3 Å². The van der Waals surface area contributed by atoms with E-state index in [4.69, 9.17) is 4.74 Å². The zero-order valence-corrected chi connectivity index (χ0v) is 13.5. The molecule has 100 valence electrons. The molecule has 1 amide bonds. The lowest BCUT2D eigenvalue weighted by Gasteiger charge is -2.06. The molecule has 0 radical (unpaired) electrons. The number of nitrogens with one attached hydrogen (secondary N) is 1. The molecule has 5 heteroatoms. The van der Waals surface area contributed by atoms with Crippen LogP contribution in [0.2, 0.25) is 0 Å². The van der Waals surface area contributed by atoms with Crippen LogP contribution in [0.5, 0.6) is 0 Å². The summed E-state index contributed by atoms with van der Waals surface area (Å²) in [6, 6.07) is 5.53. The predicted molar refractivity (Wildman–Crippen MR) is 79.9 cm³/mol. The second kappa shape index (κ2) is 8.67. The molecule has 0 heterocycles. The van der Waals surface area contributed by atoms with E-state index in [0.29, 0.717) is 12.1 Å². The number of carbonyl (C=O) groups excluding carboxylic acids is 1. The third-order valence-electron chi connectivity index (χ3n) is 2.44. The Hall–Kier alpha value is -0.390. The van der Waals surface area contributed by atoms with E-state index in [-0.39, 0.29) is 5.91 Å². The van der Waals surface area contributed by atoms with E-state index in [0.717, 1.165) is 34.8 Å². The van der Waals surface area contributed by atoms with Crippen molar-refractivity contribution in [2.45, 2.75) is 19.3 Å². The summed E-state index contributed by atoms with van der Waals surface area (Å²) >= 11 is 6.74. The molecule has 3 nitrogen and oxygen atoms in total. The zero-order valence-electron chi connectivity index (χ0n) is 10.3. The Kier molecular flexibility index (Phi) is 7.54. The minimum absolute atomic E-state index is 0.0382. The van der Waals surface area contributed by atoms with Crippen molar-refractivity contribution in [3.8, 4) is 0 Å². The van der Waals surface area contributed by atoms with Gasteiger partial charge in [-0.05, 0) is 37.5 Å². The van der Waals surface area contributed by atoms with Crippen LogP contribution in [0.3, 0.4) is 0 Å². The number of unbranched alkanes of at least 4 members (excludes halogenated alkanes) is 2. The first-order valence-corrected chi connectivity index (χ1v) is 7.45. The molecule has 0 saturated heterocycles. The number of hydrogen-bond donors (Lipinski definition) is 1. The van der Waals surface area contributed by atoms with Crippen LogP contribution in [0.4, 0.5) is 0 Å². The van der Waals surface area contributed by atoms with Crippen molar-refractivity contribution < 1.29 is 9.53 Å². The Balaban J connectivity index is 2.32. The molecule has 0 atom stereocenters. The summed E-state index contributed by atoms with van der Waals surface area (Å²) in [7, 11) is 1.70. The van der Waals surface area contributed by atoms with Crippen molar-refractivity contribution in [3.63, 3.8) is 0 Å². The van der Waals surface area contributed by atoms with E-state index in [2.05, 4.69) is 37.2 Å². The van der Waals surface area contributed by atoms with E-state index in [1.54, 1.807) is 7.11 Å². The van der Waals surface area contributed by atoms with Gasteiger partial charge in [0.15, 0.2) is 0 Å². The van der Waals surface area contributed by atoms with Crippen LogP contribution in [-0.2, 0) is 4.74 Å². The highest BCUT2D eigenvalue weighted by Crippen LogP contribution is 2.19. The molecule has 0 fully saturated rings. The first-order valence-electron chi connectivity index (χ1n) is 5.86. The number of amides is 1. The van der Waals surface area contributed by atoms with Gasteiger partial charge < -0.3 is 10.1 Å². The second-order valence-corrected chi connectivity index (χ2v) is 5.80. The van der Waals surface area contributed by atoms with Gasteiger partial charge in [-0.25, -0.2) is 0 Å². The normalized spacial score (nSPS) is 10.4. The standard InChI is InChI=1S/C13H17Br2NO2/c1-18-6-4-2-3-5-16-13(17)10-7-11(14)9-12(15)8-10/h7-9H,2-6H2,1H3,(H,16,17). The Morgan fingerprint density at radius 2 is 1.83 bits per heavy atom. The average molecular weight is 379 g/mol. The lowest BCUT2D eigenvalue weighted by molar-refractivity contribution is 0.0952. The lowest BCUT2D eigenvalue weighted by atomic mass is 10.2. The fraction of sp³-hybridized carbons (Fsp3) is 0.462. The summed E-state index contributed by atoms with van der Waals surface area (Å²) in [5, 5.41) is 2.91. The molecule has 0 aromatic heterocycles. The van der Waals surface area contributed by atoms with Crippen molar-refractivity contribution in [2.24, 2.45) is 0 Å². The number of rotatable bonds is 7. The van der Waals surface area contributed by atoms with Gasteiger partial charge in [0.1, 0.15) is 0 Å². The van der Waals surface area contributed by atoms with Crippen LogP contribution in [0, 0.1) is 0 Å². The quantitative estimate of drug-likeness (QED) is 0.733. The fourth-order valence-electron chi connectivity index (χ4n) is 1.54. The molecule has 0 aliphatic carbocycles.